The highest BCUT2D eigenvalue weighted by Gasteiger charge is 2.12. The van der Waals surface area contributed by atoms with Crippen LogP contribution in [0.2, 0.25) is 0 Å². The Bertz CT molecular complexity index is 121. The van der Waals surface area contributed by atoms with Gasteiger partial charge in [0, 0.05) is 19.6 Å². The molecule has 4 heteroatoms. The van der Waals surface area contributed by atoms with Crippen molar-refractivity contribution >= 4 is 0 Å². The highest BCUT2D eigenvalue weighted by atomic mass is 16.3. The molecule has 0 spiro atoms. The van der Waals surface area contributed by atoms with E-state index >= 15 is 0 Å². The fourth-order valence-electron chi connectivity index (χ4n) is 1.25. The molecule has 0 aromatic rings. The molecule has 0 amide bonds. The summed E-state index contributed by atoms with van der Waals surface area (Å²) in [6.45, 7) is 5.44. The van der Waals surface area contributed by atoms with Crippen molar-refractivity contribution < 1.29 is 15.3 Å². The Labute approximate surface area is 86.2 Å². The molecule has 0 rings (SSSR count). The molecule has 86 valence electrons. The van der Waals surface area contributed by atoms with Crippen LogP contribution in [-0.4, -0.2) is 58.7 Å². The first kappa shape index (κ1) is 13.8. The molecule has 3 N–H and O–H groups in total. The monoisotopic (exact) mass is 205 g/mol. The van der Waals surface area contributed by atoms with Gasteiger partial charge in [0.2, 0.25) is 0 Å². The van der Waals surface area contributed by atoms with Gasteiger partial charge >= 0.3 is 0 Å². The summed E-state index contributed by atoms with van der Waals surface area (Å²) in [6, 6.07) is 0. The predicted octanol–water partition coefficient (Wildman–Crippen LogP) is -0.178. The lowest BCUT2D eigenvalue weighted by Crippen LogP contribution is -2.39. The van der Waals surface area contributed by atoms with Crippen molar-refractivity contribution in [1.82, 2.24) is 4.90 Å². The second-order valence-corrected chi connectivity index (χ2v) is 3.61. The van der Waals surface area contributed by atoms with E-state index in [0.29, 0.717) is 32.5 Å². The van der Waals surface area contributed by atoms with E-state index in [1.807, 2.05) is 18.7 Å². The van der Waals surface area contributed by atoms with E-state index in [4.69, 9.17) is 5.11 Å². The third kappa shape index (κ3) is 6.32. The van der Waals surface area contributed by atoms with E-state index in [2.05, 4.69) is 0 Å². The Hall–Kier alpha value is -0.160. The maximum absolute atomic E-state index is 9.44. The van der Waals surface area contributed by atoms with E-state index in [0.717, 1.165) is 0 Å². The molecule has 2 unspecified atom stereocenters. The van der Waals surface area contributed by atoms with Crippen LogP contribution in [0.4, 0.5) is 0 Å². The zero-order chi connectivity index (χ0) is 11.0. The average molecular weight is 205 g/mol. The van der Waals surface area contributed by atoms with Crippen molar-refractivity contribution in [3.05, 3.63) is 0 Å². The fraction of sp³-hybridized carbons (Fsp3) is 1.00. The van der Waals surface area contributed by atoms with Crippen LogP contribution in [0.3, 0.4) is 0 Å². The second-order valence-electron chi connectivity index (χ2n) is 3.61. The zero-order valence-electron chi connectivity index (χ0n) is 9.19. The minimum atomic E-state index is -0.370. The number of aliphatic hydroxyl groups is 3. The van der Waals surface area contributed by atoms with Crippen LogP contribution >= 0.6 is 0 Å². The number of nitrogens with zero attached hydrogens (tertiary/aromatic N) is 1. The number of rotatable bonds is 8. The van der Waals surface area contributed by atoms with Crippen LogP contribution in [0.25, 0.3) is 0 Å². The number of hydrogen-bond donors (Lipinski definition) is 3. The van der Waals surface area contributed by atoms with Crippen molar-refractivity contribution in [3.8, 4) is 0 Å². The summed E-state index contributed by atoms with van der Waals surface area (Å²) in [5.74, 6) is 0. The van der Waals surface area contributed by atoms with Gasteiger partial charge in [-0.25, -0.2) is 0 Å². The van der Waals surface area contributed by atoms with E-state index in [1.54, 1.807) is 0 Å². The van der Waals surface area contributed by atoms with Crippen molar-refractivity contribution in [2.24, 2.45) is 0 Å². The summed E-state index contributed by atoms with van der Waals surface area (Å²) < 4.78 is 0. The summed E-state index contributed by atoms with van der Waals surface area (Å²) in [6.07, 6.45) is 0.658. The Morgan fingerprint density at radius 2 is 1.43 bits per heavy atom. The Morgan fingerprint density at radius 3 is 1.71 bits per heavy atom. The first-order valence-corrected chi connectivity index (χ1v) is 5.33. The standard InChI is InChI=1S/C10H23NO3/c1-3-9(13)7-11(5-6-12)8-10(14)4-2/h9-10,12-14H,3-8H2,1-2H3. The van der Waals surface area contributed by atoms with Gasteiger partial charge in [-0.3, -0.25) is 4.90 Å². The molecular formula is C10H23NO3. The molecule has 2 atom stereocenters. The van der Waals surface area contributed by atoms with Gasteiger partial charge in [0.15, 0.2) is 0 Å². The molecule has 0 aliphatic heterocycles. The van der Waals surface area contributed by atoms with Crippen molar-refractivity contribution in [2.45, 2.75) is 38.9 Å². The van der Waals surface area contributed by atoms with Crippen LogP contribution in [-0.2, 0) is 0 Å². The molecule has 0 fully saturated rings. The average Bonchev–Trinajstić information content (AvgIpc) is 2.17. The van der Waals surface area contributed by atoms with Gasteiger partial charge < -0.3 is 15.3 Å². The minimum absolute atomic E-state index is 0.0624. The number of aliphatic hydroxyl groups excluding tert-OH is 3. The number of hydrogen-bond acceptors (Lipinski definition) is 4. The molecule has 0 saturated heterocycles. The lowest BCUT2D eigenvalue weighted by molar-refractivity contribution is 0.0571. The van der Waals surface area contributed by atoms with Gasteiger partial charge in [0.25, 0.3) is 0 Å². The molecule has 0 aliphatic rings. The lowest BCUT2D eigenvalue weighted by atomic mass is 10.2. The largest absolute Gasteiger partial charge is 0.395 e. The maximum Gasteiger partial charge on any atom is 0.0664 e. The summed E-state index contributed by atoms with van der Waals surface area (Å²) in [5, 5.41) is 27.7. The Kier molecular flexibility index (Phi) is 8.08. The third-order valence-electron chi connectivity index (χ3n) is 2.30. The van der Waals surface area contributed by atoms with E-state index in [-0.39, 0.29) is 18.8 Å². The summed E-state index contributed by atoms with van der Waals surface area (Å²) >= 11 is 0. The first-order chi connectivity index (χ1) is 6.63. The highest BCUT2D eigenvalue weighted by Crippen LogP contribution is 2.00. The summed E-state index contributed by atoms with van der Waals surface area (Å²) in [4.78, 5) is 1.89. The normalized spacial score (nSPS) is 15.9. The first-order valence-electron chi connectivity index (χ1n) is 5.33. The molecule has 0 bridgehead atoms. The van der Waals surface area contributed by atoms with E-state index < -0.39 is 0 Å². The van der Waals surface area contributed by atoms with Gasteiger partial charge in [0.05, 0.1) is 18.8 Å². The molecule has 0 saturated carbocycles. The molecule has 14 heavy (non-hydrogen) atoms. The Balaban J connectivity index is 3.88. The van der Waals surface area contributed by atoms with Gasteiger partial charge in [-0.15, -0.1) is 0 Å². The molecule has 4 nitrogen and oxygen atoms in total. The van der Waals surface area contributed by atoms with Gasteiger partial charge in [-0.2, -0.15) is 0 Å². The van der Waals surface area contributed by atoms with Crippen LogP contribution in [0.1, 0.15) is 26.7 Å². The minimum Gasteiger partial charge on any atom is -0.395 e. The zero-order valence-corrected chi connectivity index (χ0v) is 9.19. The third-order valence-corrected chi connectivity index (χ3v) is 2.30. The smallest absolute Gasteiger partial charge is 0.0664 e. The van der Waals surface area contributed by atoms with Crippen LogP contribution in [0, 0.1) is 0 Å². The van der Waals surface area contributed by atoms with Crippen LogP contribution in [0.15, 0.2) is 0 Å². The molecule has 0 aromatic heterocycles. The Morgan fingerprint density at radius 1 is 1.00 bits per heavy atom. The fourth-order valence-corrected chi connectivity index (χ4v) is 1.25. The highest BCUT2D eigenvalue weighted by molar-refractivity contribution is 4.67. The lowest BCUT2D eigenvalue weighted by Gasteiger charge is -2.25. The van der Waals surface area contributed by atoms with Crippen LogP contribution in [0.5, 0.6) is 0 Å². The molecule has 0 aromatic carbocycles. The van der Waals surface area contributed by atoms with Crippen molar-refractivity contribution in [2.75, 3.05) is 26.2 Å². The molecule has 0 heterocycles. The van der Waals surface area contributed by atoms with Gasteiger partial charge in [-0.05, 0) is 12.8 Å². The maximum atomic E-state index is 9.44. The van der Waals surface area contributed by atoms with E-state index in [1.165, 1.54) is 0 Å². The SMILES string of the molecule is CCC(O)CN(CCO)CC(O)CC. The van der Waals surface area contributed by atoms with Gasteiger partial charge in [0.1, 0.15) is 0 Å². The molecular weight excluding hydrogens is 182 g/mol. The molecule has 0 aliphatic carbocycles. The summed E-state index contributed by atoms with van der Waals surface area (Å²) in [5.41, 5.74) is 0. The van der Waals surface area contributed by atoms with Gasteiger partial charge in [-0.1, -0.05) is 13.8 Å². The van der Waals surface area contributed by atoms with Crippen molar-refractivity contribution in [3.63, 3.8) is 0 Å². The summed E-state index contributed by atoms with van der Waals surface area (Å²) in [7, 11) is 0. The topological polar surface area (TPSA) is 63.9 Å². The molecule has 0 radical (unpaired) electrons. The predicted molar refractivity (Wildman–Crippen MR) is 56.1 cm³/mol. The van der Waals surface area contributed by atoms with Crippen LogP contribution < -0.4 is 0 Å². The second kappa shape index (κ2) is 8.17. The van der Waals surface area contributed by atoms with Crippen molar-refractivity contribution in [1.29, 1.82) is 0 Å². The quantitative estimate of drug-likeness (QED) is 0.514. The van der Waals surface area contributed by atoms with E-state index in [9.17, 15) is 10.2 Å².